The third-order valence-electron chi connectivity index (χ3n) is 6.96. The van der Waals surface area contributed by atoms with E-state index in [1.807, 2.05) is 54.6 Å². The van der Waals surface area contributed by atoms with E-state index in [1.54, 1.807) is 4.90 Å². The molecule has 0 saturated carbocycles. The average Bonchev–Trinajstić information content (AvgIpc) is 3.38. The summed E-state index contributed by atoms with van der Waals surface area (Å²) in [6, 6.07) is 17.2. The first-order valence-electron chi connectivity index (χ1n) is 11.1. The molecule has 0 bridgehead atoms. The molecule has 1 spiro atoms. The number of likely N-dealkylation sites (tertiary alicyclic amines) is 1. The predicted octanol–water partition coefficient (Wildman–Crippen LogP) is 2.58. The van der Waals surface area contributed by atoms with Crippen molar-refractivity contribution < 1.29 is 23.9 Å². The molecular formula is C26H25N3O5. The van der Waals surface area contributed by atoms with Gasteiger partial charge in [0.05, 0.1) is 31.2 Å². The van der Waals surface area contributed by atoms with Gasteiger partial charge in [0.2, 0.25) is 5.91 Å². The Morgan fingerprint density at radius 3 is 2.35 bits per heavy atom. The number of hydrogen-bond acceptors (Lipinski definition) is 7. The van der Waals surface area contributed by atoms with E-state index in [1.165, 1.54) is 21.1 Å². The lowest BCUT2D eigenvalue weighted by atomic mass is 9.70. The topological polar surface area (TPSA) is 88.5 Å². The Morgan fingerprint density at radius 1 is 1.00 bits per heavy atom. The normalized spacial score (nSPS) is 22.6. The van der Waals surface area contributed by atoms with Crippen molar-refractivity contribution in [2.24, 2.45) is 4.99 Å². The van der Waals surface area contributed by atoms with Crippen LogP contribution in [-0.2, 0) is 35.8 Å². The number of ether oxygens (including phenoxy) is 2. The molecule has 3 heterocycles. The van der Waals surface area contributed by atoms with Gasteiger partial charge in [0, 0.05) is 25.7 Å². The third kappa shape index (κ3) is 2.98. The van der Waals surface area contributed by atoms with E-state index in [9.17, 15) is 14.4 Å². The first-order chi connectivity index (χ1) is 16.4. The summed E-state index contributed by atoms with van der Waals surface area (Å²) >= 11 is 0. The molecule has 8 heteroatoms. The Kier molecular flexibility index (Phi) is 5.23. The minimum Gasteiger partial charge on any atom is -0.466 e. The summed E-state index contributed by atoms with van der Waals surface area (Å²) in [6.45, 7) is 2.41. The average molecular weight is 460 g/mol. The summed E-state index contributed by atoms with van der Waals surface area (Å²) in [5.41, 5.74) is 2.20. The van der Waals surface area contributed by atoms with E-state index < -0.39 is 23.4 Å². The maximum atomic E-state index is 13.2. The molecule has 8 nitrogen and oxygen atoms in total. The molecule has 1 amide bonds. The lowest BCUT2D eigenvalue weighted by molar-refractivity contribution is -0.139. The second-order valence-corrected chi connectivity index (χ2v) is 8.61. The van der Waals surface area contributed by atoms with Crippen LogP contribution < -0.4 is 4.90 Å². The number of fused-ring (bicyclic) bond motifs is 1. The molecule has 0 unspecified atom stereocenters. The minimum absolute atomic E-state index is 0.121. The van der Waals surface area contributed by atoms with Crippen LogP contribution in [0.4, 0.5) is 5.69 Å². The molecule has 0 aromatic heterocycles. The van der Waals surface area contributed by atoms with Crippen LogP contribution in [-0.4, -0.2) is 55.4 Å². The molecule has 2 atom stereocenters. The van der Waals surface area contributed by atoms with Crippen LogP contribution in [0.5, 0.6) is 0 Å². The number of anilines is 1. The number of carbonyl (C=O) groups is 3. The van der Waals surface area contributed by atoms with Gasteiger partial charge in [0.15, 0.2) is 5.70 Å². The molecule has 2 aromatic rings. The van der Waals surface area contributed by atoms with E-state index in [0.29, 0.717) is 25.3 Å². The number of amidine groups is 1. The third-order valence-corrected chi connectivity index (χ3v) is 6.96. The van der Waals surface area contributed by atoms with Crippen LogP contribution in [0.1, 0.15) is 24.5 Å². The lowest BCUT2D eigenvalue weighted by Crippen LogP contribution is -2.55. The molecule has 2 aromatic carbocycles. The lowest BCUT2D eigenvalue weighted by Gasteiger charge is -2.40. The fourth-order valence-corrected chi connectivity index (χ4v) is 5.61. The summed E-state index contributed by atoms with van der Waals surface area (Å²) in [6.07, 6.45) is 0.563. The standard InChI is InChI=1S/C26H25N3O5/c1-16(30)28-14-13-26-18-11-7-8-12-19(18)29(15-17-9-5-4-6-10-17)22(26)20(23(31)33-2)21(24(32)34-3)27-25(26)28/h4-12,22H,13-15H2,1-3H3/t22-,26-/m0/s1. The quantitative estimate of drug-likeness (QED) is 0.653. The maximum Gasteiger partial charge on any atom is 0.357 e. The number of nitrogens with zero attached hydrogens (tertiary/aromatic N) is 3. The number of amides is 1. The molecular weight excluding hydrogens is 434 g/mol. The summed E-state index contributed by atoms with van der Waals surface area (Å²) in [5.74, 6) is -1.08. The maximum absolute atomic E-state index is 13.2. The summed E-state index contributed by atoms with van der Waals surface area (Å²) in [7, 11) is 2.53. The number of benzene rings is 2. The second kappa shape index (κ2) is 8.13. The fourth-order valence-electron chi connectivity index (χ4n) is 5.61. The molecule has 0 radical (unpaired) electrons. The number of hydrogen-bond donors (Lipinski definition) is 0. The smallest absolute Gasteiger partial charge is 0.357 e. The summed E-state index contributed by atoms with van der Waals surface area (Å²) in [5, 5.41) is 0. The molecule has 0 N–H and O–H groups in total. The predicted molar refractivity (Wildman–Crippen MR) is 125 cm³/mol. The Balaban J connectivity index is 1.81. The van der Waals surface area contributed by atoms with E-state index in [-0.39, 0.29) is 17.2 Å². The fraction of sp³-hybridized carbons (Fsp3) is 0.308. The number of methoxy groups -OCH3 is 2. The van der Waals surface area contributed by atoms with Gasteiger partial charge in [0.1, 0.15) is 5.84 Å². The summed E-state index contributed by atoms with van der Waals surface area (Å²) < 4.78 is 10.2. The molecule has 5 rings (SSSR count). The Labute approximate surface area is 197 Å². The molecule has 0 aliphatic carbocycles. The van der Waals surface area contributed by atoms with Crippen molar-refractivity contribution in [2.45, 2.75) is 31.3 Å². The zero-order chi connectivity index (χ0) is 24.0. The number of para-hydroxylation sites is 1. The zero-order valence-corrected chi connectivity index (χ0v) is 19.3. The van der Waals surface area contributed by atoms with E-state index >= 15 is 0 Å². The Bertz CT molecular complexity index is 1250. The summed E-state index contributed by atoms with van der Waals surface area (Å²) in [4.78, 5) is 47.1. The first kappa shape index (κ1) is 21.9. The van der Waals surface area contributed by atoms with Crippen molar-refractivity contribution >= 4 is 29.4 Å². The second-order valence-electron chi connectivity index (χ2n) is 8.61. The van der Waals surface area contributed by atoms with Gasteiger partial charge in [0.25, 0.3) is 0 Å². The van der Waals surface area contributed by atoms with E-state index in [2.05, 4.69) is 9.89 Å². The Morgan fingerprint density at radius 2 is 1.68 bits per heavy atom. The number of carbonyl (C=O) groups excluding carboxylic acids is 3. The SMILES string of the molecule is COC(=O)C1=C(C(=O)OC)[C@@H]2N(Cc3ccccc3)c3ccccc3[C@@]23CCN(C(C)=O)C3=N1. The highest BCUT2D eigenvalue weighted by Crippen LogP contribution is 2.56. The van der Waals surface area contributed by atoms with E-state index in [4.69, 9.17) is 9.47 Å². The van der Waals surface area contributed by atoms with Crippen LogP contribution in [0, 0.1) is 0 Å². The number of aliphatic imine (C=N–C) groups is 1. The minimum atomic E-state index is -0.780. The van der Waals surface area contributed by atoms with Crippen molar-refractivity contribution in [1.82, 2.24) is 4.90 Å². The highest BCUT2D eigenvalue weighted by atomic mass is 16.5. The largest absolute Gasteiger partial charge is 0.466 e. The van der Waals surface area contributed by atoms with Gasteiger partial charge in [-0.1, -0.05) is 48.5 Å². The number of rotatable bonds is 4. The highest BCUT2D eigenvalue weighted by Gasteiger charge is 2.63. The van der Waals surface area contributed by atoms with Crippen LogP contribution in [0.3, 0.4) is 0 Å². The van der Waals surface area contributed by atoms with Gasteiger partial charge in [-0.25, -0.2) is 14.6 Å². The van der Waals surface area contributed by atoms with E-state index in [0.717, 1.165) is 16.8 Å². The van der Waals surface area contributed by atoms with Crippen molar-refractivity contribution in [3.05, 3.63) is 77.0 Å². The molecule has 174 valence electrons. The molecule has 3 aliphatic rings. The van der Waals surface area contributed by atoms with Crippen LogP contribution in [0.25, 0.3) is 0 Å². The van der Waals surface area contributed by atoms with Gasteiger partial charge in [-0.2, -0.15) is 0 Å². The zero-order valence-electron chi connectivity index (χ0n) is 19.3. The van der Waals surface area contributed by atoms with Crippen LogP contribution in [0.2, 0.25) is 0 Å². The Hall–Kier alpha value is -3.94. The molecule has 1 fully saturated rings. The highest BCUT2D eigenvalue weighted by molar-refractivity contribution is 6.15. The first-order valence-corrected chi connectivity index (χ1v) is 11.1. The van der Waals surface area contributed by atoms with Crippen molar-refractivity contribution in [1.29, 1.82) is 0 Å². The van der Waals surface area contributed by atoms with Gasteiger partial charge in [-0.15, -0.1) is 0 Å². The van der Waals surface area contributed by atoms with Crippen molar-refractivity contribution in [3.63, 3.8) is 0 Å². The molecule has 3 aliphatic heterocycles. The van der Waals surface area contributed by atoms with Crippen molar-refractivity contribution in [3.8, 4) is 0 Å². The van der Waals surface area contributed by atoms with Gasteiger partial charge >= 0.3 is 11.9 Å². The van der Waals surface area contributed by atoms with Crippen LogP contribution in [0.15, 0.2) is 70.9 Å². The van der Waals surface area contributed by atoms with Gasteiger partial charge in [-0.05, 0) is 23.6 Å². The van der Waals surface area contributed by atoms with Gasteiger partial charge < -0.3 is 14.4 Å². The van der Waals surface area contributed by atoms with Crippen molar-refractivity contribution in [2.75, 3.05) is 25.7 Å². The van der Waals surface area contributed by atoms with Gasteiger partial charge in [-0.3, -0.25) is 9.69 Å². The molecule has 1 saturated heterocycles. The monoisotopic (exact) mass is 459 g/mol. The number of esters is 2. The van der Waals surface area contributed by atoms with Crippen LogP contribution >= 0.6 is 0 Å². The molecule has 34 heavy (non-hydrogen) atoms.